The quantitative estimate of drug-likeness (QED) is 0.817. The Morgan fingerprint density at radius 1 is 1.28 bits per heavy atom. The molecular formula is C15H32N2O. The molecule has 0 aromatic rings. The first kappa shape index (κ1) is 15.9. The van der Waals surface area contributed by atoms with Gasteiger partial charge in [-0.1, -0.05) is 20.8 Å². The minimum Gasteiger partial charge on any atom is -0.384 e. The van der Waals surface area contributed by atoms with Crippen LogP contribution in [0.2, 0.25) is 0 Å². The molecule has 108 valence electrons. The van der Waals surface area contributed by atoms with Gasteiger partial charge < -0.3 is 15.0 Å². The minimum atomic E-state index is 0.329. The third-order valence-electron chi connectivity index (χ3n) is 4.61. The molecule has 0 aromatic carbocycles. The number of nitrogens with zero attached hydrogens (tertiary/aromatic N) is 1. The Morgan fingerprint density at radius 3 is 2.28 bits per heavy atom. The SMILES string of the molecule is COCC1(CN(C)C(C)C(C)(C)C)CCNCC1. The molecule has 1 aliphatic heterocycles. The average Bonchev–Trinajstić information content (AvgIpc) is 2.28. The van der Waals surface area contributed by atoms with Crippen molar-refractivity contribution in [1.29, 1.82) is 0 Å². The molecule has 1 heterocycles. The summed E-state index contributed by atoms with van der Waals surface area (Å²) in [6, 6.07) is 0.584. The van der Waals surface area contributed by atoms with E-state index in [2.05, 4.69) is 45.0 Å². The van der Waals surface area contributed by atoms with Gasteiger partial charge in [0.25, 0.3) is 0 Å². The number of rotatable bonds is 5. The van der Waals surface area contributed by atoms with Crippen molar-refractivity contribution >= 4 is 0 Å². The number of nitrogens with one attached hydrogen (secondary N) is 1. The molecule has 1 fully saturated rings. The number of hydrogen-bond acceptors (Lipinski definition) is 3. The molecule has 1 saturated heterocycles. The number of piperidine rings is 1. The monoisotopic (exact) mass is 256 g/mol. The van der Waals surface area contributed by atoms with Crippen molar-refractivity contribution < 1.29 is 4.74 Å². The Bertz CT molecular complexity index is 236. The van der Waals surface area contributed by atoms with E-state index in [1.54, 1.807) is 0 Å². The lowest BCUT2D eigenvalue weighted by atomic mass is 9.78. The second-order valence-electron chi connectivity index (χ2n) is 7.14. The summed E-state index contributed by atoms with van der Waals surface area (Å²) in [6.07, 6.45) is 2.45. The van der Waals surface area contributed by atoms with Gasteiger partial charge in [-0.05, 0) is 45.3 Å². The zero-order valence-electron chi connectivity index (χ0n) is 13.2. The van der Waals surface area contributed by atoms with Gasteiger partial charge in [0.2, 0.25) is 0 Å². The van der Waals surface area contributed by atoms with Crippen molar-refractivity contribution in [1.82, 2.24) is 10.2 Å². The van der Waals surface area contributed by atoms with Gasteiger partial charge in [-0.25, -0.2) is 0 Å². The summed E-state index contributed by atoms with van der Waals surface area (Å²) in [6.45, 7) is 13.6. The van der Waals surface area contributed by atoms with Gasteiger partial charge >= 0.3 is 0 Å². The maximum absolute atomic E-state index is 5.50. The van der Waals surface area contributed by atoms with Crippen LogP contribution in [0.1, 0.15) is 40.5 Å². The third kappa shape index (κ3) is 4.22. The van der Waals surface area contributed by atoms with E-state index in [9.17, 15) is 0 Å². The molecule has 1 unspecified atom stereocenters. The van der Waals surface area contributed by atoms with Gasteiger partial charge in [-0.3, -0.25) is 0 Å². The maximum atomic E-state index is 5.50. The van der Waals surface area contributed by atoms with E-state index in [0.29, 0.717) is 16.9 Å². The summed E-state index contributed by atoms with van der Waals surface area (Å²) in [4.78, 5) is 2.52. The Labute approximate surface area is 113 Å². The fourth-order valence-electron chi connectivity index (χ4n) is 2.94. The highest BCUT2D eigenvalue weighted by atomic mass is 16.5. The van der Waals surface area contributed by atoms with Crippen LogP contribution in [0.25, 0.3) is 0 Å². The van der Waals surface area contributed by atoms with Crippen molar-refractivity contribution in [3.8, 4) is 0 Å². The average molecular weight is 256 g/mol. The fraction of sp³-hybridized carbons (Fsp3) is 1.00. The van der Waals surface area contributed by atoms with Crippen molar-refractivity contribution in [2.45, 2.75) is 46.6 Å². The lowest BCUT2D eigenvalue weighted by Crippen LogP contribution is -2.50. The molecule has 1 rings (SSSR count). The Balaban J connectivity index is 2.65. The van der Waals surface area contributed by atoms with E-state index in [1.165, 1.54) is 12.8 Å². The molecule has 0 saturated carbocycles. The predicted octanol–water partition coefficient (Wildman–Crippen LogP) is 2.37. The molecule has 18 heavy (non-hydrogen) atoms. The summed E-state index contributed by atoms with van der Waals surface area (Å²) in [7, 11) is 4.09. The summed E-state index contributed by atoms with van der Waals surface area (Å²) >= 11 is 0. The predicted molar refractivity (Wildman–Crippen MR) is 78.0 cm³/mol. The Morgan fingerprint density at radius 2 is 1.83 bits per heavy atom. The highest BCUT2D eigenvalue weighted by molar-refractivity contribution is 4.89. The zero-order valence-corrected chi connectivity index (χ0v) is 13.2. The smallest absolute Gasteiger partial charge is 0.0531 e. The van der Waals surface area contributed by atoms with E-state index in [1.807, 2.05) is 7.11 Å². The van der Waals surface area contributed by atoms with E-state index < -0.39 is 0 Å². The van der Waals surface area contributed by atoms with Crippen LogP contribution in [0.15, 0.2) is 0 Å². The van der Waals surface area contributed by atoms with Crippen molar-refractivity contribution in [3.05, 3.63) is 0 Å². The van der Waals surface area contributed by atoms with Gasteiger partial charge in [0.1, 0.15) is 0 Å². The van der Waals surface area contributed by atoms with E-state index in [0.717, 1.165) is 26.2 Å². The number of hydrogen-bond donors (Lipinski definition) is 1. The molecular weight excluding hydrogens is 224 g/mol. The Kier molecular flexibility index (Phi) is 5.63. The van der Waals surface area contributed by atoms with Gasteiger partial charge in [0, 0.05) is 25.1 Å². The lowest BCUT2D eigenvalue weighted by Gasteiger charge is -2.44. The second kappa shape index (κ2) is 6.36. The van der Waals surface area contributed by atoms with Crippen molar-refractivity contribution in [2.24, 2.45) is 10.8 Å². The minimum absolute atomic E-state index is 0.329. The van der Waals surface area contributed by atoms with Crippen LogP contribution in [0.4, 0.5) is 0 Å². The number of methoxy groups -OCH3 is 1. The molecule has 3 nitrogen and oxygen atoms in total. The van der Waals surface area contributed by atoms with Crippen LogP contribution >= 0.6 is 0 Å². The molecule has 1 aliphatic rings. The maximum Gasteiger partial charge on any atom is 0.0531 e. The van der Waals surface area contributed by atoms with Crippen molar-refractivity contribution in [3.63, 3.8) is 0 Å². The molecule has 0 radical (unpaired) electrons. The van der Waals surface area contributed by atoms with Crippen LogP contribution in [0.3, 0.4) is 0 Å². The van der Waals surface area contributed by atoms with Gasteiger partial charge in [-0.15, -0.1) is 0 Å². The summed E-state index contributed by atoms with van der Waals surface area (Å²) < 4.78 is 5.50. The highest BCUT2D eigenvalue weighted by Crippen LogP contribution is 2.32. The fourth-order valence-corrected chi connectivity index (χ4v) is 2.94. The second-order valence-corrected chi connectivity index (χ2v) is 7.14. The summed E-state index contributed by atoms with van der Waals surface area (Å²) in [5.74, 6) is 0. The first-order chi connectivity index (χ1) is 8.31. The first-order valence-electron chi connectivity index (χ1n) is 7.21. The molecule has 0 aromatic heterocycles. The largest absolute Gasteiger partial charge is 0.384 e. The molecule has 1 atom stereocenters. The van der Waals surface area contributed by atoms with E-state index in [4.69, 9.17) is 4.74 Å². The third-order valence-corrected chi connectivity index (χ3v) is 4.61. The molecule has 1 N–H and O–H groups in total. The van der Waals surface area contributed by atoms with Crippen LogP contribution in [0.5, 0.6) is 0 Å². The van der Waals surface area contributed by atoms with E-state index >= 15 is 0 Å². The normalized spacial score (nSPS) is 22.2. The van der Waals surface area contributed by atoms with Crippen LogP contribution < -0.4 is 5.32 Å². The highest BCUT2D eigenvalue weighted by Gasteiger charge is 2.35. The molecule has 0 bridgehead atoms. The topological polar surface area (TPSA) is 24.5 Å². The lowest BCUT2D eigenvalue weighted by molar-refractivity contribution is 0.00632. The van der Waals surface area contributed by atoms with Gasteiger partial charge in [0.15, 0.2) is 0 Å². The van der Waals surface area contributed by atoms with Crippen LogP contribution in [-0.4, -0.2) is 51.3 Å². The zero-order chi connectivity index (χ0) is 13.8. The standard InChI is InChI=1S/C15H32N2O/c1-13(14(2,3)4)17(5)11-15(12-18-6)7-9-16-10-8-15/h13,16H,7-12H2,1-6H3. The molecule has 0 aliphatic carbocycles. The summed E-state index contributed by atoms with van der Waals surface area (Å²) in [5.41, 5.74) is 0.671. The molecule has 3 heteroatoms. The van der Waals surface area contributed by atoms with Crippen LogP contribution in [0, 0.1) is 10.8 Å². The van der Waals surface area contributed by atoms with E-state index in [-0.39, 0.29) is 0 Å². The molecule has 0 spiro atoms. The number of ether oxygens (including phenoxy) is 1. The van der Waals surface area contributed by atoms with Crippen LogP contribution in [-0.2, 0) is 4.74 Å². The van der Waals surface area contributed by atoms with Crippen molar-refractivity contribution in [2.75, 3.05) is 40.4 Å². The molecule has 0 amide bonds. The van der Waals surface area contributed by atoms with Gasteiger partial charge in [0.05, 0.1) is 6.61 Å². The van der Waals surface area contributed by atoms with Gasteiger partial charge in [-0.2, -0.15) is 0 Å². The first-order valence-corrected chi connectivity index (χ1v) is 7.21. The Hall–Kier alpha value is -0.120. The summed E-state index contributed by atoms with van der Waals surface area (Å²) in [5, 5.41) is 3.46.